The number of rotatable bonds is 0. The molecule has 0 aromatic heterocycles. The summed E-state index contributed by atoms with van der Waals surface area (Å²) in [5.74, 6) is 0. The minimum atomic E-state index is 1.33. The van der Waals surface area contributed by atoms with Crippen molar-refractivity contribution in [1.82, 2.24) is 0 Å². The first-order valence-electron chi connectivity index (χ1n) is 6.97. The molecule has 0 fully saturated rings. The second kappa shape index (κ2) is 14.2. The van der Waals surface area contributed by atoms with Gasteiger partial charge in [-0.3, -0.25) is 13.6 Å². The van der Waals surface area contributed by atoms with Gasteiger partial charge < -0.3 is 9.59 Å². The van der Waals surface area contributed by atoms with Gasteiger partial charge in [0, 0.05) is 0 Å². The molecule has 0 heterocycles. The zero-order valence-corrected chi connectivity index (χ0v) is 14.8. The molecular weight excluding hydrogens is 332 g/mol. The first-order valence-corrected chi connectivity index (χ1v) is 8.07. The predicted molar refractivity (Wildman–Crippen MR) is 99.7 cm³/mol. The Labute approximate surface area is 154 Å². The molecule has 0 radical (unpaired) electrons. The van der Waals surface area contributed by atoms with Crippen LogP contribution in [0.1, 0.15) is 0 Å². The van der Waals surface area contributed by atoms with E-state index in [4.69, 9.17) is 9.59 Å². The number of hydrogen-bond acceptors (Lipinski definition) is 2. The van der Waals surface area contributed by atoms with E-state index in [1.807, 2.05) is 0 Å². The molecule has 4 aromatic carbocycles. The molecule has 0 aliphatic heterocycles. The Kier molecular flexibility index (Phi) is 12.8. The number of fused-ring (bicyclic) bond motifs is 2. The summed E-state index contributed by atoms with van der Waals surface area (Å²) in [6.45, 7) is 6.50. The van der Waals surface area contributed by atoms with E-state index in [9.17, 15) is 0 Å². The van der Waals surface area contributed by atoms with Crippen molar-refractivity contribution < 1.29 is 29.6 Å². The van der Waals surface area contributed by atoms with Crippen LogP contribution in [0.4, 0.5) is 0 Å². The molecule has 0 N–H and O–H groups in total. The van der Waals surface area contributed by atoms with Gasteiger partial charge >= 0.3 is 24.8 Å². The van der Waals surface area contributed by atoms with Crippen molar-refractivity contribution in [2.45, 2.75) is 0 Å². The van der Waals surface area contributed by atoms with Crippen molar-refractivity contribution in [2.24, 2.45) is 0 Å². The third-order valence-corrected chi connectivity index (χ3v) is 3.10. The molecule has 4 rings (SSSR count). The van der Waals surface area contributed by atoms with Gasteiger partial charge in [0.2, 0.25) is 0 Å². The molecule has 3 heteroatoms. The van der Waals surface area contributed by atoms with Crippen LogP contribution in [0.15, 0.2) is 84.9 Å². The first kappa shape index (κ1) is 21.6. The van der Waals surface area contributed by atoms with Crippen LogP contribution in [0, 0.1) is 0 Å². The van der Waals surface area contributed by atoms with Crippen LogP contribution < -0.4 is 0 Å². The zero-order valence-electron chi connectivity index (χ0n) is 13.3. The predicted octanol–water partition coefficient (Wildman–Crippen LogP) is 4.53. The van der Waals surface area contributed by atoms with Gasteiger partial charge in [-0.15, -0.1) is 59.3 Å². The van der Waals surface area contributed by atoms with Crippen molar-refractivity contribution in [3.8, 4) is 0 Å². The van der Waals surface area contributed by atoms with Crippen LogP contribution in [0.3, 0.4) is 0 Å². The molecule has 0 saturated heterocycles. The Morgan fingerprint density at radius 3 is 1.29 bits per heavy atom. The van der Waals surface area contributed by atoms with Gasteiger partial charge in [0.25, 0.3) is 0 Å². The third-order valence-electron chi connectivity index (χ3n) is 3.10. The minimum Gasteiger partial charge on any atom is -0.168 e. The minimum absolute atomic E-state index is 1.33. The maximum absolute atomic E-state index is 7.75. The smallest absolute Gasteiger partial charge is 0.0809 e. The quantitative estimate of drug-likeness (QED) is 0.265. The summed E-state index contributed by atoms with van der Waals surface area (Å²) in [5, 5.41) is 5.32. The van der Waals surface area contributed by atoms with E-state index in [0.29, 0.717) is 0 Å². The Hall–Kier alpha value is -2.42. The second-order valence-electron chi connectivity index (χ2n) is 4.31. The van der Waals surface area contributed by atoms with Gasteiger partial charge in [0.1, 0.15) is 0 Å². The molecule has 0 aliphatic carbocycles. The van der Waals surface area contributed by atoms with E-state index in [2.05, 4.69) is 103 Å². The Bertz CT molecular complexity index is 670. The van der Waals surface area contributed by atoms with Gasteiger partial charge in [0.05, 0.1) is 0 Å². The van der Waals surface area contributed by atoms with Crippen molar-refractivity contribution >= 4 is 39.9 Å². The van der Waals surface area contributed by atoms with Gasteiger partial charge in [-0.1, -0.05) is 12.1 Å². The average Bonchev–Trinajstić information content (AvgIpc) is 3.36. The maximum Gasteiger partial charge on any atom is -0.0809 e. The largest absolute Gasteiger partial charge is 0.168 e. The zero-order chi connectivity index (χ0) is 18.2. The van der Waals surface area contributed by atoms with Gasteiger partial charge in [-0.05, 0) is 0 Å². The van der Waals surface area contributed by atoms with E-state index < -0.39 is 0 Å². The summed E-state index contributed by atoms with van der Waals surface area (Å²) in [6.07, 6.45) is 0. The molecule has 4 aromatic rings. The van der Waals surface area contributed by atoms with E-state index in [1.54, 1.807) is 20.0 Å². The van der Waals surface area contributed by atoms with E-state index in [1.165, 1.54) is 21.5 Å². The van der Waals surface area contributed by atoms with Crippen molar-refractivity contribution in [2.75, 3.05) is 0 Å². The summed E-state index contributed by atoms with van der Waals surface area (Å²) in [5.41, 5.74) is 0. The second-order valence-corrected chi connectivity index (χ2v) is 4.31. The van der Waals surface area contributed by atoms with E-state index >= 15 is 0 Å². The molecule has 24 heavy (non-hydrogen) atoms. The van der Waals surface area contributed by atoms with E-state index in [-0.39, 0.29) is 0 Å². The molecule has 0 spiro atoms. The number of carbonyl (C=O) groups excluding carboxylic acids is 2. The van der Waals surface area contributed by atoms with Gasteiger partial charge in [0.15, 0.2) is 0 Å². The monoisotopic (exact) mass is 350 g/mol. The summed E-state index contributed by atoms with van der Waals surface area (Å²) in [7, 11) is 0. The molecule has 2 nitrogen and oxygen atoms in total. The summed E-state index contributed by atoms with van der Waals surface area (Å²) in [4.78, 5) is 18.8. The Balaban J connectivity index is 0.000000338. The van der Waals surface area contributed by atoms with Crippen molar-refractivity contribution in [1.29, 1.82) is 0 Å². The Morgan fingerprint density at radius 1 is 0.625 bits per heavy atom. The fourth-order valence-corrected chi connectivity index (χ4v) is 2.14. The molecule has 0 saturated carbocycles. The number of benzene rings is 2. The van der Waals surface area contributed by atoms with Crippen LogP contribution in [0.25, 0.3) is 21.5 Å². The van der Waals surface area contributed by atoms with Crippen molar-refractivity contribution in [3.63, 3.8) is 0 Å². The van der Waals surface area contributed by atoms with E-state index in [0.717, 1.165) is 0 Å². The van der Waals surface area contributed by atoms with Crippen LogP contribution in [-0.4, -0.2) is 18.4 Å². The fraction of sp³-hybridized carbons (Fsp3) is 0. The van der Waals surface area contributed by atoms with Gasteiger partial charge in [-0.25, -0.2) is 0 Å². The standard InChI is InChI=1S/2C9H7.2CHO.CH2.Ti/c2*1-2-5-9-7-3-6-8(9)4-1;2*1-2;;/h2*1-7H;2*1H;1H2;/q4*-1;;. The topological polar surface area (TPSA) is 34.1 Å². The number of hydrogen-bond donors (Lipinski definition) is 0. The molecule has 0 atom stereocenters. The molecular formula is C21H18O2Ti-4. The molecule has 0 unspecified atom stereocenters. The van der Waals surface area contributed by atoms with Crippen LogP contribution >= 0.6 is 0 Å². The van der Waals surface area contributed by atoms with Gasteiger partial charge in [-0.2, -0.15) is 35.0 Å². The molecule has 0 amide bonds. The summed E-state index contributed by atoms with van der Waals surface area (Å²) in [6, 6.07) is 29.3. The average molecular weight is 350 g/mol. The fourth-order valence-electron chi connectivity index (χ4n) is 2.14. The Morgan fingerprint density at radius 2 is 0.958 bits per heavy atom. The van der Waals surface area contributed by atoms with Crippen molar-refractivity contribution in [3.05, 3.63) is 84.9 Å². The maximum atomic E-state index is 7.75. The van der Waals surface area contributed by atoms with Crippen LogP contribution in [0.5, 0.6) is 0 Å². The first-order chi connectivity index (χ1) is 11.9. The molecule has 122 valence electrons. The summed E-state index contributed by atoms with van der Waals surface area (Å²) >= 11 is 1.75. The van der Waals surface area contributed by atoms with Crippen LogP contribution in [-0.2, 0) is 29.6 Å². The van der Waals surface area contributed by atoms with Crippen LogP contribution in [0.2, 0.25) is 0 Å². The summed E-state index contributed by atoms with van der Waals surface area (Å²) < 4.78 is 0. The normalized spacial score (nSPS) is 8.12. The molecule has 0 aliphatic rings. The third kappa shape index (κ3) is 6.78. The molecule has 0 bridgehead atoms. The SMILES string of the molecule is [CH-]=O.[CH-]=O.[CH2]=[Ti].c1ccc2[cH-]ccc2c1.c1ccc2[cH-]ccc2c1.